The molecule has 0 amide bonds. The second-order valence-corrected chi connectivity index (χ2v) is 7.65. The van der Waals surface area contributed by atoms with Crippen LogP contribution in [0.3, 0.4) is 0 Å². The molecule has 1 saturated heterocycles. The third-order valence-electron chi connectivity index (χ3n) is 3.89. The number of halogens is 2. The van der Waals surface area contributed by atoms with Crippen molar-refractivity contribution in [2.24, 2.45) is 0 Å². The van der Waals surface area contributed by atoms with E-state index in [1.54, 1.807) is 42.5 Å². The summed E-state index contributed by atoms with van der Waals surface area (Å²) in [7, 11) is -3.46. The number of hydrogen-bond donors (Lipinski definition) is 0. The van der Waals surface area contributed by atoms with Crippen molar-refractivity contribution in [1.82, 2.24) is 4.31 Å². The van der Waals surface area contributed by atoms with Crippen molar-refractivity contribution in [3.63, 3.8) is 0 Å². The van der Waals surface area contributed by atoms with Crippen molar-refractivity contribution >= 4 is 27.3 Å². The van der Waals surface area contributed by atoms with Crippen LogP contribution >= 0.6 is 11.6 Å². The molecule has 1 fully saturated rings. The summed E-state index contributed by atoms with van der Waals surface area (Å²) in [6, 6.07) is 13.0. The number of anilines is 1. The second kappa shape index (κ2) is 6.47. The fourth-order valence-electron chi connectivity index (χ4n) is 2.61. The summed E-state index contributed by atoms with van der Waals surface area (Å²) in [6.07, 6.45) is 0. The number of benzene rings is 2. The minimum Gasteiger partial charge on any atom is -0.369 e. The van der Waals surface area contributed by atoms with Crippen molar-refractivity contribution in [1.29, 1.82) is 0 Å². The molecule has 2 aromatic carbocycles. The van der Waals surface area contributed by atoms with Crippen LogP contribution in [0.4, 0.5) is 10.1 Å². The van der Waals surface area contributed by atoms with Gasteiger partial charge in [0, 0.05) is 31.9 Å². The van der Waals surface area contributed by atoms with E-state index in [0.29, 0.717) is 31.1 Å². The van der Waals surface area contributed by atoms with Crippen LogP contribution in [0.25, 0.3) is 0 Å². The van der Waals surface area contributed by atoms with Crippen molar-refractivity contribution in [3.8, 4) is 0 Å². The number of piperazine rings is 1. The third kappa shape index (κ3) is 3.34. The molecule has 2 aromatic rings. The van der Waals surface area contributed by atoms with Crippen LogP contribution in [0.15, 0.2) is 53.4 Å². The fourth-order valence-corrected chi connectivity index (χ4v) is 4.23. The van der Waals surface area contributed by atoms with E-state index in [2.05, 4.69) is 0 Å². The van der Waals surface area contributed by atoms with Crippen molar-refractivity contribution in [2.45, 2.75) is 4.90 Å². The lowest BCUT2D eigenvalue weighted by Crippen LogP contribution is -2.48. The lowest BCUT2D eigenvalue weighted by molar-refractivity contribution is 0.385. The Balaban J connectivity index is 1.72. The second-order valence-electron chi connectivity index (χ2n) is 5.30. The van der Waals surface area contributed by atoms with Gasteiger partial charge in [-0.1, -0.05) is 29.8 Å². The van der Waals surface area contributed by atoms with Crippen LogP contribution in [-0.2, 0) is 10.0 Å². The Kier molecular flexibility index (Phi) is 4.57. The van der Waals surface area contributed by atoms with Gasteiger partial charge in [-0.2, -0.15) is 4.31 Å². The quantitative estimate of drug-likeness (QED) is 0.850. The van der Waals surface area contributed by atoms with E-state index in [0.717, 1.165) is 5.69 Å². The summed E-state index contributed by atoms with van der Waals surface area (Å²) in [5.41, 5.74) is 0.799. The zero-order valence-corrected chi connectivity index (χ0v) is 13.9. The highest BCUT2D eigenvalue weighted by Gasteiger charge is 2.28. The first-order valence-electron chi connectivity index (χ1n) is 7.24. The lowest BCUT2D eigenvalue weighted by Gasteiger charge is -2.35. The van der Waals surface area contributed by atoms with E-state index in [9.17, 15) is 12.8 Å². The van der Waals surface area contributed by atoms with Crippen LogP contribution in [0.2, 0.25) is 5.02 Å². The van der Waals surface area contributed by atoms with Crippen molar-refractivity contribution in [3.05, 3.63) is 59.4 Å². The average Bonchev–Trinajstić information content (AvgIpc) is 2.58. The molecule has 0 radical (unpaired) electrons. The summed E-state index contributed by atoms with van der Waals surface area (Å²) < 4.78 is 39.8. The minimum atomic E-state index is -3.46. The molecule has 122 valence electrons. The Morgan fingerprint density at radius 1 is 0.957 bits per heavy atom. The van der Waals surface area contributed by atoms with Gasteiger partial charge in [-0.15, -0.1) is 0 Å². The van der Waals surface area contributed by atoms with Gasteiger partial charge in [0.1, 0.15) is 5.82 Å². The molecule has 0 saturated carbocycles. The molecule has 1 heterocycles. The number of hydrogen-bond acceptors (Lipinski definition) is 3. The molecule has 3 rings (SSSR count). The molecule has 0 N–H and O–H groups in total. The highest BCUT2D eigenvalue weighted by atomic mass is 35.5. The molecule has 0 spiro atoms. The Morgan fingerprint density at radius 3 is 2.22 bits per heavy atom. The van der Waals surface area contributed by atoms with Gasteiger partial charge in [-0.25, -0.2) is 12.8 Å². The van der Waals surface area contributed by atoms with Crippen molar-refractivity contribution < 1.29 is 12.8 Å². The Morgan fingerprint density at radius 2 is 1.61 bits per heavy atom. The predicted octanol–water partition coefficient (Wildman–Crippen LogP) is 2.99. The topological polar surface area (TPSA) is 40.6 Å². The van der Waals surface area contributed by atoms with Crippen LogP contribution in [0.1, 0.15) is 0 Å². The van der Waals surface area contributed by atoms with E-state index in [1.807, 2.05) is 4.90 Å². The summed E-state index contributed by atoms with van der Waals surface area (Å²) in [6.45, 7) is 1.83. The molecular weight excluding hydrogens is 339 g/mol. The van der Waals surface area contributed by atoms with E-state index in [-0.39, 0.29) is 5.02 Å². The first-order chi connectivity index (χ1) is 11.0. The first-order valence-corrected chi connectivity index (χ1v) is 9.05. The molecule has 0 bridgehead atoms. The van der Waals surface area contributed by atoms with Gasteiger partial charge in [-0.3, -0.25) is 0 Å². The SMILES string of the molecule is O=S(=O)(c1ccccc1)N1CCN(c2ccc(F)c(Cl)c2)CC1. The molecule has 4 nitrogen and oxygen atoms in total. The predicted molar refractivity (Wildman–Crippen MR) is 88.8 cm³/mol. The van der Waals surface area contributed by atoms with Gasteiger partial charge in [-0.05, 0) is 30.3 Å². The monoisotopic (exact) mass is 354 g/mol. The molecule has 0 aromatic heterocycles. The van der Waals surface area contributed by atoms with Crippen LogP contribution in [0, 0.1) is 5.82 Å². The number of sulfonamides is 1. The summed E-state index contributed by atoms with van der Waals surface area (Å²) in [5, 5.41) is 0.0711. The smallest absolute Gasteiger partial charge is 0.243 e. The summed E-state index contributed by atoms with van der Waals surface area (Å²) in [4.78, 5) is 2.31. The zero-order valence-electron chi connectivity index (χ0n) is 12.3. The van der Waals surface area contributed by atoms with Gasteiger partial charge in [0.25, 0.3) is 0 Å². The molecule has 7 heteroatoms. The standard InChI is InChI=1S/C16H16ClFN2O2S/c17-15-12-13(6-7-16(15)18)19-8-10-20(11-9-19)23(21,22)14-4-2-1-3-5-14/h1-7,12H,8-11H2. The van der Waals surface area contributed by atoms with Gasteiger partial charge in [0.05, 0.1) is 9.92 Å². The van der Waals surface area contributed by atoms with Gasteiger partial charge < -0.3 is 4.90 Å². The van der Waals surface area contributed by atoms with E-state index < -0.39 is 15.8 Å². The van der Waals surface area contributed by atoms with E-state index in [1.165, 1.54) is 10.4 Å². The van der Waals surface area contributed by atoms with Crippen LogP contribution in [0.5, 0.6) is 0 Å². The molecule has 0 atom stereocenters. The lowest BCUT2D eigenvalue weighted by atomic mass is 10.2. The average molecular weight is 355 g/mol. The van der Waals surface area contributed by atoms with Crippen LogP contribution in [-0.4, -0.2) is 38.9 Å². The van der Waals surface area contributed by atoms with Gasteiger partial charge in [0.15, 0.2) is 0 Å². The first kappa shape index (κ1) is 16.2. The molecular formula is C16H16ClFN2O2S. The maximum atomic E-state index is 13.2. The minimum absolute atomic E-state index is 0.0711. The maximum absolute atomic E-state index is 13.2. The third-order valence-corrected chi connectivity index (χ3v) is 6.09. The van der Waals surface area contributed by atoms with Crippen LogP contribution < -0.4 is 4.90 Å². The van der Waals surface area contributed by atoms with Crippen molar-refractivity contribution in [2.75, 3.05) is 31.1 Å². The highest BCUT2D eigenvalue weighted by molar-refractivity contribution is 7.89. The Hall–Kier alpha value is -1.63. The summed E-state index contributed by atoms with van der Waals surface area (Å²) in [5.74, 6) is -0.458. The normalized spacial score (nSPS) is 16.5. The highest BCUT2D eigenvalue weighted by Crippen LogP contribution is 2.25. The van der Waals surface area contributed by atoms with E-state index >= 15 is 0 Å². The zero-order chi connectivity index (χ0) is 16.4. The number of nitrogens with zero attached hydrogens (tertiary/aromatic N) is 2. The molecule has 23 heavy (non-hydrogen) atoms. The Labute approximate surface area is 140 Å². The molecule has 0 aliphatic carbocycles. The van der Waals surface area contributed by atoms with Gasteiger partial charge >= 0.3 is 0 Å². The molecule has 1 aliphatic rings. The van der Waals surface area contributed by atoms with Gasteiger partial charge in [0.2, 0.25) is 10.0 Å². The molecule has 1 aliphatic heterocycles. The largest absolute Gasteiger partial charge is 0.369 e. The molecule has 0 unspecified atom stereocenters. The maximum Gasteiger partial charge on any atom is 0.243 e. The number of rotatable bonds is 3. The fraction of sp³-hybridized carbons (Fsp3) is 0.250. The Bertz CT molecular complexity index is 791. The van der Waals surface area contributed by atoms with E-state index in [4.69, 9.17) is 11.6 Å². The summed E-state index contributed by atoms with van der Waals surface area (Å²) >= 11 is 5.81.